The van der Waals surface area contributed by atoms with Gasteiger partial charge in [0.25, 0.3) is 0 Å². The second kappa shape index (κ2) is 3.41. The molecule has 1 N–H and O–H groups in total. The van der Waals surface area contributed by atoms with Crippen LogP contribution in [0.4, 0.5) is 5.82 Å². The van der Waals surface area contributed by atoms with Gasteiger partial charge in [-0.1, -0.05) is 0 Å². The standard InChI is InChI=1S/C8H10N6/c1-14(2)5-13-8-6-7(10-3-9-6)11-4-12-8/h3-5H,1-2H3,(H,9,10,11,12)/b13-5-. The highest BCUT2D eigenvalue weighted by atomic mass is 15.1. The summed E-state index contributed by atoms with van der Waals surface area (Å²) in [6.45, 7) is 0. The summed E-state index contributed by atoms with van der Waals surface area (Å²) in [5.41, 5.74) is 1.39. The van der Waals surface area contributed by atoms with E-state index in [1.807, 2.05) is 19.0 Å². The highest BCUT2D eigenvalue weighted by Gasteiger charge is 2.02. The number of aromatic amines is 1. The van der Waals surface area contributed by atoms with Gasteiger partial charge in [-0.3, -0.25) is 0 Å². The van der Waals surface area contributed by atoms with Gasteiger partial charge in [0.05, 0.1) is 12.7 Å². The first-order valence-electron chi connectivity index (χ1n) is 4.12. The van der Waals surface area contributed by atoms with Gasteiger partial charge in [0.2, 0.25) is 0 Å². The first-order chi connectivity index (χ1) is 6.77. The molecule has 0 saturated heterocycles. The van der Waals surface area contributed by atoms with Crippen molar-refractivity contribution in [1.82, 2.24) is 24.8 Å². The molecule has 72 valence electrons. The van der Waals surface area contributed by atoms with Crippen molar-refractivity contribution >= 4 is 23.3 Å². The second-order valence-electron chi connectivity index (χ2n) is 3.01. The lowest BCUT2D eigenvalue weighted by Crippen LogP contribution is -2.07. The van der Waals surface area contributed by atoms with E-state index in [2.05, 4.69) is 24.9 Å². The van der Waals surface area contributed by atoms with E-state index in [9.17, 15) is 0 Å². The molecule has 0 saturated carbocycles. The van der Waals surface area contributed by atoms with Crippen LogP contribution in [-0.2, 0) is 0 Å². The minimum atomic E-state index is 0.574. The summed E-state index contributed by atoms with van der Waals surface area (Å²) in [5.74, 6) is 0.574. The normalized spacial score (nSPS) is 11.3. The van der Waals surface area contributed by atoms with Crippen molar-refractivity contribution in [2.75, 3.05) is 14.1 Å². The van der Waals surface area contributed by atoms with Crippen molar-refractivity contribution in [2.24, 2.45) is 4.99 Å². The van der Waals surface area contributed by atoms with Gasteiger partial charge in [-0.15, -0.1) is 0 Å². The molecule has 6 nitrogen and oxygen atoms in total. The zero-order chi connectivity index (χ0) is 9.97. The molecule has 0 aliphatic carbocycles. The van der Waals surface area contributed by atoms with Crippen LogP contribution in [0.5, 0.6) is 0 Å². The maximum Gasteiger partial charge on any atom is 0.184 e. The molecule has 6 heteroatoms. The smallest absolute Gasteiger partial charge is 0.184 e. The number of nitrogens with one attached hydrogen (secondary N) is 1. The van der Waals surface area contributed by atoms with Crippen LogP contribution in [0.3, 0.4) is 0 Å². The first kappa shape index (κ1) is 8.61. The van der Waals surface area contributed by atoms with E-state index in [1.165, 1.54) is 6.33 Å². The van der Waals surface area contributed by atoms with Crippen LogP contribution >= 0.6 is 0 Å². The van der Waals surface area contributed by atoms with Crippen LogP contribution < -0.4 is 0 Å². The number of imidazole rings is 1. The Morgan fingerprint density at radius 2 is 2.21 bits per heavy atom. The number of fused-ring (bicyclic) bond motifs is 1. The molecule has 2 aromatic rings. The van der Waals surface area contributed by atoms with E-state index < -0.39 is 0 Å². The van der Waals surface area contributed by atoms with Crippen LogP contribution in [0.1, 0.15) is 0 Å². The van der Waals surface area contributed by atoms with Crippen LogP contribution in [0.25, 0.3) is 11.2 Å². The zero-order valence-corrected chi connectivity index (χ0v) is 7.97. The van der Waals surface area contributed by atoms with Gasteiger partial charge in [-0.05, 0) is 0 Å². The van der Waals surface area contributed by atoms with Crippen molar-refractivity contribution in [2.45, 2.75) is 0 Å². The Bertz CT molecular complexity index is 458. The van der Waals surface area contributed by atoms with Crippen molar-refractivity contribution in [3.63, 3.8) is 0 Å². The fourth-order valence-electron chi connectivity index (χ4n) is 1.02. The summed E-state index contributed by atoms with van der Waals surface area (Å²) in [7, 11) is 3.79. The fraction of sp³-hybridized carbons (Fsp3) is 0.250. The van der Waals surface area contributed by atoms with Gasteiger partial charge in [-0.25, -0.2) is 19.9 Å². The van der Waals surface area contributed by atoms with Crippen LogP contribution in [0.15, 0.2) is 17.6 Å². The number of nitrogens with zero attached hydrogens (tertiary/aromatic N) is 5. The Balaban J connectivity index is 2.46. The Kier molecular flexibility index (Phi) is 2.10. The molecule has 0 aromatic carbocycles. The van der Waals surface area contributed by atoms with Crippen LogP contribution in [-0.4, -0.2) is 45.3 Å². The summed E-state index contributed by atoms with van der Waals surface area (Å²) in [5, 5.41) is 0. The number of aliphatic imine (C=N–C) groups is 1. The lowest BCUT2D eigenvalue weighted by molar-refractivity contribution is 0.643. The average Bonchev–Trinajstić information content (AvgIpc) is 2.62. The molecule has 0 aliphatic rings. The molecule has 0 atom stereocenters. The lowest BCUT2D eigenvalue weighted by atomic mass is 10.5. The van der Waals surface area contributed by atoms with Crippen molar-refractivity contribution < 1.29 is 0 Å². The number of H-pyrrole nitrogens is 1. The van der Waals surface area contributed by atoms with Gasteiger partial charge in [-0.2, -0.15) is 0 Å². The van der Waals surface area contributed by atoms with E-state index in [1.54, 1.807) is 12.7 Å². The summed E-state index contributed by atoms with van der Waals surface area (Å²) in [6.07, 6.45) is 4.72. The van der Waals surface area contributed by atoms with E-state index in [4.69, 9.17) is 0 Å². The van der Waals surface area contributed by atoms with Crippen LogP contribution in [0, 0.1) is 0 Å². The molecular formula is C8H10N6. The third-order valence-corrected chi connectivity index (χ3v) is 1.61. The third kappa shape index (κ3) is 1.54. The van der Waals surface area contributed by atoms with Gasteiger partial charge in [0.15, 0.2) is 17.0 Å². The highest BCUT2D eigenvalue weighted by Crippen LogP contribution is 2.16. The quantitative estimate of drug-likeness (QED) is 0.555. The van der Waals surface area contributed by atoms with Crippen molar-refractivity contribution in [3.8, 4) is 0 Å². The second-order valence-corrected chi connectivity index (χ2v) is 3.01. The van der Waals surface area contributed by atoms with Crippen molar-refractivity contribution in [1.29, 1.82) is 0 Å². The van der Waals surface area contributed by atoms with Gasteiger partial charge >= 0.3 is 0 Å². The molecule has 0 aliphatic heterocycles. The van der Waals surface area contributed by atoms with Crippen molar-refractivity contribution in [3.05, 3.63) is 12.7 Å². The SMILES string of the molecule is CN(C)/C=N\c1ncnc2[nH]cnc12. The minimum Gasteiger partial charge on any atom is -0.369 e. The largest absolute Gasteiger partial charge is 0.369 e. The topological polar surface area (TPSA) is 70.1 Å². The molecule has 0 fully saturated rings. The third-order valence-electron chi connectivity index (χ3n) is 1.61. The summed E-state index contributed by atoms with van der Waals surface area (Å²) in [4.78, 5) is 21.0. The first-order valence-corrected chi connectivity index (χ1v) is 4.12. The molecule has 0 amide bonds. The Morgan fingerprint density at radius 3 is 3.00 bits per heavy atom. The summed E-state index contributed by atoms with van der Waals surface area (Å²) in [6, 6.07) is 0. The highest BCUT2D eigenvalue weighted by molar-refractivity contribution is 5.82. The Morgan fingerprint density at radius 1 is 1.36 bits per heavy atom. The van der Waals surface area contributed by atoms with E-state index in [0.29, 0.717) is 17.0 Å². The molecular weight excluding hydrogens is 180 g/mol. The molecule has 14 heavy (non-hydrogen) atoms. The molecule has 2 aromatic heterocycles. The molecule has 0 spiro atoms. The molecule has 2 rings (SSSR count). The van der Waals surface area contributed by atoms with E-state index in [-0.39, 0.29) is 0 Å². The molecule has 0 bridgehead atoms. The van der Waals surface area contributed by atoms with Crippen LogP contribution in [0.2, 0.25) is 0 Å². The number of rotatable bonds is 2. The molecule has 2 heterocycles. The van der Waals surface area contributed by atoms with Gasteiger partial charge < -0.3 is 9.88 Å². The monoisotopic (exact) mass is 190 g/mol. The molecule has 0 radical (unpaired) electrons. The average molecular weight is 190 g/mol. The summed E-state index contributed by atoms with van der Waals surface area (Å²) < 4.78 is 0. The van der Waals surface area contributed by atoms with Gasteiger partial charge in [0, 0.05) is 14.1 Å². The minimum absolute atomic E-state index is 0.574. The number of hydrogen-bond acceptors (Lipinski definition) is 4. The van der Waals surface area contributed by atoms with E-state index in [0.717, 1.165) is 0 Å². The number of hydrogen-bond donors (Lipinski definition) is 1. The number of aromatic nitrogens is 4. The fourth-order valence-corrected chi connectivity index (χ4v) is 1.02. The zero-order valence-electron chi connectivity index (χ0n) is 7.97. The van der Waals surface area contributed by atoms with E-state index >= 15 is 0 Å². The molecule has 0 unspecified atom stereocenters. The maximum atomic E-state index is 4.17. The lowest BCUT2D eigenvalue weighted by Gasteiger charge is -2.01. The van der Waals surface area contributed by atoms with Gasteiger partial charge in [0.1, 0.15) is 6.33 Å². The maximum absolute atomic E-state index is 4.17. The predicted octanol–water partition coefficient (Wildman–Crippen LogP) is 0.574. The predicted molar refractivity (Wildman–Crippen MR) is 53.5 cm³/mol. The Hall–Kier alpha value is -1.98. The summed E-state index contributed by atoms with van der Waals surface area (Å²) >= 11 is 0. The Labute approximate surface area is 80.7 Å².